The number of hydrogen-bond acceptors (Lipinski definition) is 3. The lowest BCUT2D eigenvalue weighted by Gasteiger charge is -2.22. The van der Waals surface area contributed by atoms with Gasteiger partial charge in [-0.05, 0) is 42.7 Å². The Kier molecular flexibility index (Phi) is 7.77. The number of nitrogens with zero attached hydrogens (tertiary/aromatic N) is 2. The van der Waals surface area contributed by atoms with Crippen LogP contribution >= 0.6 is 0 Å². The Morgan fingerprint density at radius 1 is 1.10 bits per heavy atom. The minimum absolute atomic E-state index is 0.0468. The van der Waals surface area contributed by atoms with E-state index in [0.717, 1.165) is 42.1 Å². The number of rotatable bonds is 11. The maximum Gasteiger partial charge on any atom is 0.411 e. The van der Waals surface area contributed by atoms with Gasteiger partial charge in [-0.25, -0.2) is 0 Å². The Morgan fingerprint density at radius 3 is 2.38 bits per heavy atom. The first-order valence-electron chi connectivity index (χ1n) is 10.3. The van der Waals surface area contributed by atoms with E-state index in [2.05, 4.69) is 25.3 Å². The highest BCUT2D eigenvalue weighted by Gasteiger charge is 2.33. The van der Waals surface area contributed by atoms with Gasteiger partial charge >= 0.3 is 6.18 Å². The maximum absolute atomic E-state index is 12.1. The van der Waals surface area contributed by atoms with Crippen LogP contribution in [0.5, 0.6) is 0 Å². The summed E-state index contributed by atoms with van der Waals surface area (Å²) in [6, 6.07) is 8.13. The van der Waals surface area contributed by atoms with Crippen LogP contribution in [0.1, 0.15) is 36.8 Å². The SMILES string of the molecule is CN=C(NCCN(CC1CC1)C1CC1)NCc1ccc(COCC(F)(F)F)cc1. The molecule has 8 heteroatoms. The Bertz CT molecular complexity index is 655. The van der Waals surface area contributed by atoms with E-state index < -0.39 is 12.8 Å². The Hall–Kier alpha value is -1.80. The number of nitrogens with one attached hydrogen (secondary N) is 2. The molecule has 0 radical (unpaired) electrons. The molecule has 0 amide bonds. The third-order valence-electron chi connectivity index (χ3n) is 5.19. The maximum atomic E-state index is 12.1. The van der Waals surface area contributed by atoms with Crippen LogP contribution in [0, 0.1) is 5.92 Å². The molecule has 1 aromatic rings. The van der Waals surface area contributed by atoms with Gasteiger partial charge in [0.05, 0.1) is 6.61 Å². The van der Waals surface area contributed by atoms with Gasteiger partial charge in [-0.15, -0.1) is 0 Å². The smallest absolute Gasteiger partial charge is 0.367 e. The van der Waals surface area contributed by atoms with Gasteiger partial charge in [-0.1, -0.05) is 24.3 Å². The molecular weight excluding hydrogens is 381 g/mol. The Balaban J connectivity index is 1.34. The third-order valence-corrected chi connectivity index (χ3v) is 5.19. The van der Waals surface area contributed by atoms with E-state index in [-0.39, 0.29) is 6.61 Å². The van der Waals surface area contributed by atoms with E-state index in [4.69, 9.17) is 0 Å². The van der Waals surface area contributed by atoms with E-state index in [1.807, 2.05) is 12.1 Å². The van der Waals surface area contributed by atoms with E-state index in [1.54, 1.807) is 19.2 Å². The van der Waals surface area contributed by atoms with Gasteiger partial charge in [0.15, 0.2) is 5.96 Å². The van der Waals surface area contributed by atoms with Gasteiger partial charge in [0.2, 0.25) is 0 Å². The summed E-state index contributed by atoms with van der Waals surface area (Å²) in [5.74, 6) is 1.67. The van der Waals surface area contributed by atoms with Crippen LogP contribution in [0.15, 0.2) is 29.3 Å². The van der Waals surface area contributed by atoms with Crippen LogP contribution in [0.4, 0.5) is 13.2 Å². The van der Waals surface area contributed by atoms with E-state index in [1.165, 1.54) is 32.2 Å². The topological polar surface area (TPSA) is 48.9 Å². The molecular formula is C21H31F3N4O. The molecule has 5 nitrogen and oxygen atoms in total. The fourth-order valence-electron chi connectivity index (χ4n) is 3.26. The van der Waals surface area contributed by atoms with Gasteiger partial charge in [-0.3, -0.25) is 9.89 Å². The van der Waals surface area contributed by atoms with E-state index in [0.29, 0.717) is 6.54 Å². The lowest BCUT2D eigenvalue weighted by Crippen LogP contribution is -2.42. The summed E-state index contributed by atoms with van der Waals surface area (Å²) in [5, 5.41) is 6.65. The van der Waals surface area contributed by atoms with Gasteiger partial charge in [0.1, 0.15) is 6.61 Å². The van der Waals surface area contributed by atoms with Crippen molar-refractivity contribution >= 4 is 5.96 Å². The fourth-order valence-corrected chi connectivity index (χ4v) is 3.26. The summed E-state index contributed by atoms with van der Waals surface area (Å²) in [5.41, 5.74) is 1.75. The highest BCUT2D eigenvalue weighted by atomic mass is 19.4. The van der Waals surface area contributed by atoms with Crippen LogP contribution < -0.4 is 10.6 Å². The molecule has 162 valence electrons. The molecule has 1 aromatic carbocycles. The first-order chi connectivity index (χ1) is 13.9. The van der Waals surface area contributed by atoms with Crippen molar-refractivity contribution in [3.63, 3.8) is 0 Å². The number of benzene rings is 1. The molecule has 0 heterocycles. The average Bonchev–Trinajstić information content (AvgIpc) is 3.57. The van der Waals surface area contributed by atoms with Crippen molar-refractivity contribution < 1.29 is 17.9 Å². The van der Waals surface area contributed by atoms with Gasteiger partial charge in [0.25, 0.3) is 0 Å². The summed E-state index contributed by atoms with van der Waals surface area (Å²) < 4.78 is 41.0. The third kappa shape index (κ3) is 8.62. The molecule has 29 heavy (non-hydrogen) atoms. The Morgan fingerprint density at radius 2 is 1.79 bits per heavy atom. The zero-order valence-electron chi connectivity index (χ0n) is 17.0. The van der Waals surface area contributed by atoms with Crippen LogP contribution in [-0.2, 0) is 17.9 Å². The molecule has 0 bridgehead atoms. The molecule has 2 N–H and O–H groups in total. The molecule has 3 rings (SSSR count). The number of hydrogen-bond donors (Lipinski definition) is 2. The minimum Gasteiger partial charge on any atom is -0.367 e. The first kappa shape index (κ1) is 21.9. The number of guanidine groups is 1. The van der Waals surface area contributed by atoms with Gasteiger partial charge < -0.3 is 15.4 Å². The number of aliphatic imine (C=N–C) groups is 1. The van der Waals surface area contributed by atoms with E-state index in [9.17, 15) is 13.2 Å². The minimum atomic E-state index is -4.29. The molecule has 2 fully saturated rings. The summed E-state index contributed by atoms with van der Waals surface area (Å²) >= 11 is 0. The zero-order valence-corrected chi connectivity index (χ0v) is 17.0. The number of alkyl halides is 3. The lowest BCUT2D eigenvalue weighted by molar-refractivity contribution is -0.176. The summed E-state index contributed by atoms with van der Waals surface area (Å²) in [7, 11) is 1.75. The van der Waals surface area contributed by atoms with Crippen molar-refractivity contribution in [1.82, 2.24) is 15.5 Å². The Labute approximate surface area is 170 Å². The summed E-state index contributed by atoms with van der Waals surface area (Å²) in [6.45, 7) is 2.45. The zero-order chi connectivity index (χ0) is 20.7. The standard InChI is InChI=1S/C21H31F3N4O/c1-25-20(26-10-11-28(19-8-9-19)13-17-4-5-17)27-12-16-2-6-18(7-3-16)14-29-15-21(22,23)24/h2-3,6-7,17,19H,4-5,8-15H2,1H3,(H2,25,26,27). The largest absolute Gasteiger partial charge is 0.411 e. The second-order valence-corrected chi connectivity index (χ2v) is 7.95. The van der Waals surface area contributed by atoms with Crippen molar-refractivity contribution in [1.29, 1.82) is 0 Å². The van der Waals surface area contributed by atoms with Crippen molar-refractivity contribution in [2.45, 2.75) is 51.1 Å². The van der Waals surface area contributed by atoms with Crippen LogP contribution in [0.3, 0.4) is 0 Å². The molecule has 0 atom stereocenters. The molecule has 0 unspecified atom stereocenters. The predicted octanol–water partition coefficient (Wildman–Crippen LogP) is 3.30. The summed E-state index contributed by atoms with van der Waals surface area (Å²) in [4.78, 5) is 6.87. The van der Waals surface area contributed by atoms with Crippen LogP contribution in [-0.4, -0.2) is 56.4 Å². The van der Waals surface area contributed by atoms with Crippen molar-refractivity contribution in [3.8, 4) is 0 Å². The highest BCUT2D eigenvalue weighted by Crippen LogP contribution is 2.34. The average molecular weight is 413 g/mol. The second kappa shape index (κ2) is 10.3. The van der Waals surface area contributed by atoms with Crippen LogP contribution in [0.25, 0.3) is 0 Å². The number of halogens is 3. The fraction of sp³-hybridized carbons (Fsp3) is 0.667. The van der Waals surface area contributed by atoms with E-state index >= 15 is 0 Å². The monoisotopic (exact) mass is 412 g/mol. The highest BCUT2D eigenvalue weighted by molar-refractivity contribution is 5.79. The van der Waals surface area contributed by atoms with Crippen molar-refractivity contribution in [2.24, 2.45) is 10.9 Å². The van der Waals surface area contributed by atoms with Crippen molar-refractivity contribution in [3.05, 3.63) is 35.4 Å². The first-order valence-corrected chi connectivity index (χ1v) is 10.3. The van der Waals surface area contributed by atoms with Gasteiger partial charge in [0, 0.05) is 39.3 Å². The van der Waals surface area contributed by atoms with Crippen molar-refractivity contribution in [2.75, 3.05) is 33.3 Å². The molecule has 2 aliphatic carbocycles. The lowest BCUT2D eigenvalue weighted by atomic mass is 10.1. The molecule has 0 saturated heterocycles. The van der Waals surface area contributed by atoms with Crippen LogP contribution in [0.2, 0.25) is 0 Å². The quantitative estimate of drug-likeness (QED) is 0.433. The molecule has 2 saturated carbocycles. The van der Waals surface area contributed by atoms with Gasteiger partial charge in [-0.2, -0.15) is 13.2 Å². The predicted molar refractivity (Wildman–Crippen MR) is 108 cm³/mol. The summed E-state index contributed by atoms with van der Waals surface area (Å²) in [6.07, 6.45) is 1.13. The molecule has 0 aromatic heterocycles. The second-order valence-electron chi connectivity index (χ2n) is 7.95. The normalized spacial score (nSPS) is 17.6. The molecule has 0 spiro atoms. The molecule has 2 aliphatic rings. The number of ether oxygens (including phenoxy) is 1. The molecule has 0 aliphatic heterocycles.